The largest absolute Gasteiger partial charge is 0.462 e. The monoisotopic (exact) mass is 360 g/mol. The van der Waals surface area contributed by atoms with Crippen molar-refractivity contribution in [3.63, 3.8) is 0 Å². The van der Waals surface area contributed by atoms with E-state index in [0.29, 0.717) is 25.0 Å². The van der Waals surface area contributed by atoms with Gasteiger partial charge >= 0.3 is 11.9 Å². The summed E-state index contributed by atoms with van der Waals surface area (Å²) in [5.41, 5.74) is 1.41. The molecule has 2 atom stereocenters. The lowest BCUT2D eigenvalue weighted by Gasteiger charge is -2.22. The van der Waals surface area contributed by atoms with Gasteiger partial charge in [-0.2, -0.15) is 0 Å². The Hall–Kier alpha value is -2.14. The molecule has 1 N–H and O–H groups in total. The topological polar surface area (TPSA) is 72.8 Å². The number of carbonyl (C=O) groups is 2. The van der Waals surface area contributed by atoms with Gasteiger partial charge in [-0.1, -0.05) is 55.7 Å². The van der Waals surface area contributed by atoms with E-state index in [0.717, 1.165) is 37.7 Å². The summed E-state index contributed by atoms with van der Waals surface area (Å²) >= 11 is 0. The first-order chi connectivity index (χ1) is 12.6. The molecular formula is C21H28O5. The molecule has 0 radical (unpaired) electrons. The van der Waals surface area contributed by atoms with Crippen LogP contribution in [0.4, 0.5) is 0 Å². The second-order valence-electron chi connectivity index (χ2n) is 6.60. The summed E-state index contributed by atoms with van der Waals surface area (Å²) in [6, 6.07) is 9.67. The molecule has 0 aromatic heterocycles. The van der Waals surface area contributed by atoms with Gasteiger partial charge in [-0.05, 0) is 24.8 Å². The number of cyclic esters (lactones) is 1. The first-order valence-electron chi connectivity index (χ1n) is 9.35. The van der Waals surface area contributed by atoms with Gasteiger partial charge in [0.2, 0.25) is 0 Å². The Morgan fingerprint density at radius 1 is 1.15 bits per heavy atom. The van der Waals surface area contributed by atoms with Crippen LogP contribution in [0.2, 0.25) is 0 Å². The molecule has 0 fully saturated rings. The van der Waals surface area contributed by atoms with Gasteiger partial charge in [-0.15, -0.1) is 0 Å². The van der Waals surface area contributed by atoms with Crippen molar-refractivity contribution < 1.29 is 24.2 Å². The maximum Gasteiger partial charge on any atom is 0.337 e. The molecule has 0 spiro atoms. The lowest BCUT2D eigenvalue weighted by Crippen LogP contribution is -2.27. The fourth-order valence-corrected chi connectivity index (χ4v) is 3.14. The van der Waals surface area contributed by atoms with Crippen LogP contribution in [0, 0.1) is 0 Å². The summed E-state index contributed by atoms with van der Waals surface area (Å²) in [6.45, 7) is 1.74. The van der Waals surface area contributed by atoms with Crippen LogP contribution in [0.25, 0.3) is 0 Å². The number of carbonyl (C=O) groups excluding carboxylic acids is 2. The van der Waals surface area contributed by atoms with Crippen molar-refractivity contribution >= 4 is 11.9 Å². The third-order valence-electron chi connectivity index (χ3n) is 4.48. The van der Waals surface area contributed by atoms with E-state index in [9.17, 15) is 14.7 Å². The van der Waals surface area contributed by atoms with Gasteiger partial charge in [0.25, 0.3) is 0 Å². The molecule has 0 saturated heterocycles. The Labute approximate surface area is 155 Å². The lowest BCUT2D eigenvalue weighted by atomic mass is 9.99. The van der Waals surface area contributed by atoms with Crippen molar-refractivity contribution in [3.8, 4) is 0 Å². The average molecular weight is 360 g/mol. The van der Waals surface area contributed by atoms with Crippen molar-refractivity contribution in [3.05, 3.63) is 47.5 Å². The van der Waals surface area contributed by atoms with E-state index in [4.69, 9.17) is 9.47 Å². The fraction of sp³-hybridized carbons (Fsp3) is 0.524. The Morgan fingerprint density at radius 2 is 1.85 bits per heavy atom. The van der Waals surface area contributed by atoms with E-state index in [1.165, 1.54) is 6.92 Å². The zero-order valence-corrected chi connectivity index (χ0v) is 15.4. The van der Waals surface area contributed by atoms with Crippen LogP contribution in [-0.2, 0) is 19.1 Å². The van der Waals surface area contributed by atoms with Gasteiger partial charge in [0.15, 0.2) is 0 Å². The second kappa shape index (κ2) is 10.8. The lowest BCUT2D eigenvalue weighted by molar-refractivity contribution is -0.148. The summed E-state index contributed by atoms with van der Waals surface area (Å²) < 4.78 is 10.4. The minimum atomic E-state index is -0.518. The van der Waals surface area contributed by atoms with Crippen molar-refractivity contribution in [2.45, 2.75) is 64.1 Å². The minimum absolute atomic E-state index is 0.381. The summed E-state index contributed by atoms with van der Waals surface area (Å²) in [5.74, 6) is -0.770. The molecule has 142 valence electrons. The van der Waals surface area contributed by atoms with Gasteiger partial charge in [0, 0.05) is 13.3 Å². The number of aliphatic hydroxyl groups is 1. The SMILES string of the molecule is CC(=O)OC(CCCCCCC(O)c1ccccc1)C1=CCCOC1=O. The molecule has 0 bridgehead atoms. The highest BCUT2D eigenvalue weighted by molar-refractivity contribution is 5.90. The molecule has 1 aliphatic rings. The number of hydrogen-bond donors (Lipinski definition) is 1. The number of unbranched alkanes of at least 4 members (excludes halogenated alkanes) is 3. The molecule has 26 heavy (non-hydrogen) atoms. The minimum Gasteiger partial charge on any atom is -0.462 e. The molecule has 0 saturated carbocycles. The van der Waals surface area contributed by atoms with Crippen molar-refractivity contribution in [1.82, 2.24) is 0 Å². The number of hydrogen-bond acceptors (Lipinski definition) is 5. The molecule has 2 rings (SSSR count). The normalized spacial score (nSPS) is 16.4. The van der Waals surface area contributed by atoms with Crippen LogP contribution >= 0.6 is 0 Å². The highest BCUT2D eigenvalue weighted by Gasteiger charge is 2.26. The third-order valence-corrected chi connectivity index (χ3v) is 4.48. The molecule has 1 aliphatic heterocycles. The van der Waals surface area contributed by atoms with Gasteiger partial charge in [-0.25, -0.2) is 4.79 Å². The van der Waals surface area contributed by atoms with E-state index >= 15 is 0 Å². The zero-order chi connectivity index (χ0) is 18.8. The van der Waals surface area contributed by atoms with E-state index in [1.807, 2.05) is 36.4 Å². The molecule has 5 nitrogen and oxygen atoms in total. The molecular weight excluding hydrogens is 332 g/mol. The van der Waals surface area contributed by atoms with Crippen LogP contribution in [0.5, 0.6) is 0 Å². The highest BCUT2D eigenvalue weighted by atomic mass is 16.6. The molecule has 0 amide bonds. The van der Waals surface area contributed by atoms with E-state index in [2.05, 4.69) is 0 Å². The predicted molar refractivity (Wildman–Crippen MR) is 98.3 cm³/mol. The highest BCUT2D eigenvalue weighted by Crippen LogP contribution is 2.22. The quantitative estimate of drug-likeness (QED) is 0.506. The molecule has 1 heterocycles. The van der Waals surface area contributed by atoms with Crippen molar-refractivity contribution in [1.29, 1.82) is 0 Å². The first-order valence-corrected chi connectivity index (χ1v) is 9.35. The number of esters is 2. The summed E-state index contributed by atoms with van der Waals surface area (Å²) in [6.07, 6.45) is 6.61. The number of ether oxygens (including phenoxy) is 2. The molecule has 0 aliphatic carbocycles. The third kappa shape index (κ3) is 6.64. The zero-order valence-electron chi connectivity index (χ0n) is 15.4. The Kier molecular flexibility index (Phi) is 8.35. The van der Waals surface area contributed by atoms with Crippen LogP contribution < -0.4 is 0 Å². The predicted octanol–water partition coefficient (Wildman–Crippen LogP) is 3.87. The Morgan fingerprint density at radius 3 is 2.50 bits per heavy atom. The van der Waals surface area contributed by atoms with Gasteiger partial charge in [0.1, 0.15) is 6.10 Å². The standard InChI is InChI=1S/C21H28O5/c1-16(22)26-20(18-12-9-15-25-21(18)24)14-8-3-2-7-13-19(23)17-10-5-4-6-11-17/h4-6,10-12,19-20,23H,2-3,7-9,13-15H2,1H3. The van der Waals surface area contributed by atoms with Gasteiger partial charge in [0.05, 0.1) is 18.3 Å². The molecule has 1 aromatic carbocycles. The molecule has 2 unspecified atom stereocenters. The second-order valence-corrected chi connectivity index (χ2v) is 6.60. The summed E-state index contributed by atoms with van der Waals surface area (Å²) in [4.78, 5) is 23.2. The van der Waals surface area contributed by atoms with E-state index < -0.39 is 12.2 Å². The molecule has 5 heteroatoms. The van der Waals surface area contributed by atoms with E-state index in [1.54, 1.807) is 0 Å². The maximum atomic E-state index is 11.9. The summed E-state index contributed by atoms with van der Waals surface area (Å²) in [5, 5.41) is 10.1. The van der Waals surface area contributed by atoms with Crippen LogP contribution in [-0.4, -0.2) is 29.8 Å². The fourth-order valence-electron chi connectivity index (χ4n) is 3.14. The summed E-state index contributed by atoms with van der Waals surface area (Å²) in [7, 11) is 0. The van der Waals surface area contributed by atoms with Crippen LogP contribution in [0.1, 0.15) is 63.5 Å². The number of benzene rings is 1. The maximum absolute atomic E-state index is 11.9. The first kappa shape index (κ1) is 20.2. The number of rotatable bonds is 10. The van der Waals surface area contributed by atoms with Crippen LogP contribution in [0.15, 0.2) is 42.0 Å². The van der Waals surface area contributed by atoms with Crippen molar-refractivity contribution in [2.75, 3.05) is 6.61 Å². The van der Waals surface area contributed by atoms with Gasteiger partial charge in [-0.3, -0.25) is 4.79 Å². The Balaban J connectivity index is 1.70. The van der Waals surface area contributed by atoms with Crippen LogP contribution in [0.3, 0.4) is 0 Å². The van der Waals surface area contributed by atoms with Crippen molar-refractivity contribution in [2.24, 2.45) is 0 Å². The smallest absolute Gasteiger partial charge is 0.337 e. The van der Waals surface area contributed by atoms with E-state index in [-0.39, 0.29) is 11.9 Å². The molecule has 1 aromatic rings. The number of aliphatic hydroxyl groups excluding tert-OH is 1. The Bertz CT molecular complexity index is 608. The van der Waals surface area contributed by atoms with Gasteiger partial charge < -0.3 is 14.6 Å². The average Bonchev–Trinajstić information content (AvgIpc) is 2.64.